The summed E-state index contributed by atoms with van der Waals surface area (Å²) >= 11 is 0. The van der Waals surface area contributed by atoms with E-state index >= 15 is 0 Å². The Morgan fingerprint density at radius 1 is 0.318 bits per heavy atom. The zero-order valence-corrected chi connectivity index (χ0v) is 56.5. The highest BCUT2D eigenvalue weighted by molar-refractivity contribution is 7.47. The molecule has 0 saturated carbocycles. The average molecular weight is 1260 g/mol. The largest absolute Gasteiger partial charge is 0.472 e. The Balaban J connectivity index is 5.22. The zero-order valence-electron chi connectivity index (χ0n) is 54.7. The van der Waals surface area contributed by atoms with Gasteiger partial charge >= 0.3 is 39.5 Å². The molecule has 0 rings (SSSR count). The maximum Gasteiger partial charge on any atom is 0.472 e. The molecule has 19 heteroatoms. The highest BCUT2D eigenvalue weighted by Crippen LogP contribution is 2.45. The van der Waals surface area contributed by atoms with Crippen LogP contribution in [0.4, 0.5) is 0 Å². The summed E-state index contributed by atoms with van der Waals surface area (Å²) in [6.45, 7) is 7.19. The number of ether oxygens (including phenoxy) is 4. The van der Waals surface area contributed by atoms with Crippen LogP contribution in [0, 0.1) is 5.92 Å². The molecule has 0 heterocycles. The topological polar surface area (TPSA) is 237 Å². The molecule has 504 valence electrons. The van der Waals surface area contributed by atoms with Gasteiger partial charge in [0.1, 0.15) is 19.3 Å². The van der Waals surface area contributed by atoms with E-state index in [0.717, 1.165) is 102 Å². The van der Waals surface area contributed by atoms with Crippen LogP contribution in [0.5, 0.6) is 0 Å². The van der Waals surface area contributed by atoms with Gasteiger partial charge in [-0.05, 0) is 31.6 Å². The molecule has 3 N–H and O–H groups in total. The summed E-state index contributed by atoms with van der Waals surface area (Å²) in [5.41, 5.74) is 0. The third kappa shape index (κ3) is 60.7. The molecule has 0 fully saturated rings. The molecule has 0 spiro atoms. The molecular formula is C66H128O17P2. The van der Waals surface area contributed by atoms with Crippen molar-refractivity contribution >= 4 is 39.5 Å². The Bertz CT molecular complexity index is 1650. The molecule has 5 atom stereocenters. The summed E-state index contributed by atoms with van der Waals surface area (Å²) in [4.78, 5) is 72.2. The van der Waals surface area contributed by atoms with Gasteiger partial charge in [0.05, 0.1) is 26.4 Å². The van der Waals surface area contributed by atoms with E-state index in [-0.39, 0.29) is 25.7 Å². The normalized spacial score (nSPS) is 14.2. The number of phosphoric ester groups is 2. The molecule has 17 nitrogen and oxygen atoms in total. The first-order valence-electron chi connectivity index (χ1n) is 34.6. The first kappa shape index (κ1) is 83.1. The van der Waals surface area contributed by atoms with Crippen molar-refractivity contribution in [3.8, 4) is 0 Å². The number of hydrogen-bond acceptors (Lipinski definition) is 15. The molecular weight excluding hydrogens is 1130 g/mol. The number of rotatable bonds is 66. The summed E-state index contributed by atoms with van der Waals surface area (Å²) < 4.78 is 68.0. The second-order valence-corrected chi connectivity index (χ2v) is 27.2. The molecule has 0 aromatic carbocycles. The van der Waals surface area contributed by atoms with Gasteiger partial charge in [0, 0.05) is 25.7 Å². The van der Waals surface area contributed by atoms with Crippen LogP contribution in [-0.4, -0.2) is 96.7 Å². The minimum atomic E-state index is -4.95. The standard InChI is InChI=1S/C66H128O17P2/c1-6-9-12-15-18-21-25-30-35-40-45-50-64(69)77-56-62(83-66(71)52-47-42-37-32-28-24-23-27-29-33-38-43-48-59(4)5)58-81-85(74,75)79-54-60(67)53-78-84(72,73)80-57-61(55-76-63(68)49-44-39-34-20-17-14-11-8-3)82-65(70)51-46-41-36-31-26-22-19-16-13-10-7-2/h59-62,67H,6-58H2,1-5H3,(H,72,73)(H,74,75)/t60-,61+,62+/m0/s1. The molecule has 2 unspecified atom stereocenters. The van der Waals surface area contributed by atoms with E-state index in [1.807, 2.05) is 0 Å². The number of aliphatic hydroxyl groups is 1. The monoisotopic (exact) mass is 1250 g/mol. The fourth-order valence-electron chi connectivity index (χ4n) is 9.94. The van der Waals surface area contributed by atoms with Crippen molar-refractivity contribution < 1.29 is 80.2 Å². The lowest BCUT2D eigenvalue weighted by atomic mass is 10.0. The van der Waals surface area contributed by atoms with Crippen molar-refractivity contribution in [2.75, 3.05) is 39.6 Å². The van der Waals surface area contributed by atoms with Crippen molar-refractivity contribution in [2.45, 2.75) is 355 Å². The van der Waals surface area contributed by atoms with Gasteiger partial charge in [0.25, 0.3) is 0 Å². The zero-order chi connectivity index (χ0) is 62.8. The van der Waals surface area contributed by atoms with Gasteiger partial charge in [-0.2, -0.15) is 0 Å². The van der Waals surface area contributed by atoms with E-state index in [1.165, 1.54) is 154 Å². The van der Waals surface area contributed by atoms with Gasteiger partial charge < -0.3 is 33.8 Å². The van der Waals surface area contributed by atoms with Crippen LogP contribution in [0.1, 0.15) is 336 Å². The first-order chi connectivity index (χ1) is 41.0. The predicted octanol–water partition coefficient (Wildman–Crippen LogP) is 18.6. The highest BCUT2D eigenvalue weighted by Gasteiger charge is 2.30. The molecule has 0 amide bonds. The Morgan fingerprint density at radius 3 is 0.800 bits per heavy atom. The van der Waals surface area contributed by atoms with Gasteiger partial charge in [0.2, 0.25) is 0 Å². The van der Waals surface area contributed by atoms with Gasteiger partial charge in [-0.15, -0.1) is 0 Å². The number of unbranched alkanes of at least 4 members (excludes halogenated alkanes) is 38. The molecule has 0 aromatic heterocycles. The SMILES string of the molecule is CCCCCCCCCCCCCC(=O)OC[C@H](COP(=O)(O)OC[C@@H](O)COP(=O)(O)OC[C@@H](COC(=O)CCCCCCCCCC)OC(=O)CCCCCCCCCCCCC)OC(=O)CCCCCCCCCCCCCCC(C)C. The molecule has 0 aliphatic carbocycles. The summed E-state index contributed by atoms with van der Waals surface area (Å²) in [7, 11) is -9.89. The van der Waals surface area contributed by atoms with Crippen LogP contribution in [0.3, 0.4) is 0 Å². The van der Waals surface area contributed by atoms with Crippen molar-refractivity contribution in [2.24, 2.45) is 5.92 Å². The highest BCUT2D eigenvalue weighted by atomic mass is 31.2. The molecule has 0 aliphatic rings. The molecule has 0 saturated heterocycles. The first-order valence-corrected chi connectivity index (χ1v) is 37.6. The van der Waals surface area contributed by atoms with Gasteiger partial charge in [-0.25, -0.2) is 9.13 Å². The fraction of sp³-hybridized carbons (Fsp3) is 0.939. The van der Waals surface area contributed by atoms with Crippen molar-refractivity contribution in [1.82, 2.24) is 0 Å². The third-order valence-corrected chi connectivity index (χ3v) is 17.2. The van der Waals surface area contributed by atoms with Crippen LogP contribution >= 0.6 is 15.6 Å². The summed E-state index contributed by atoms with van der Waals surface area (Å²) in [5.74, 6) is -1.35. The Hall–Kier alpha value is -1.94. The van der Waals surface area contributed by atoms with Crippen LogP contribution in [0.25, 0.3) is 0 Å². The smallest absolute Gasteiger partial charge is 0.462 e. The molecule has 85 heavy (non-hydrogen) atoms. The summed E-state index contributed by atoms with van der Waals surface area (Å²) in [6, 6.07) is 0. The van der Waals surface area contributed by atoms with E-state index in [1.54, 1.807) is 0 Å². The van der Waals surface area contributed by atoms with Crippen LogP contribution in [0.15, 0.2) is 0 Å². The van der Waals surface area contributed by atoms with Gasteiger partial charge in [0.15, 0.2) is 12.2 Å². The minimum absolute atomic E-state index is 0.107. The second-order valence-electron chi connectivity index (χ2n) is 24.3. The Morgan fingerprint density at radius 2 is 0.541 bits per heavy atom. The van der Waals surface area contributed by atoms with E-state index in [0.29, 0.717) is 25.7 Å². The number of phosphoric acid groups is 2. The summed E-state index contributed by atoms with van der Waals surface area (Å²) in [6.07, 6.45) is 44.3. The molecule has 0 bridgehead atoms. The number of hydrogen-bond donors (Lipinski definition) is 3. The van der Waals surface area contributed by atoms with Gasteiger partial charge in [-0.3, -0.25) is 37.3 Å². The third-order valence-electron chi connectivity index (χ3n) is 15.3. The molecule has 0 radical (unpaired) electrons. The quantitative estimate of drug-likeness (QED) is 0.0222. The maximum atomic E-state index is 13.0. The van der Waals surface area contributed by atoms with Gasteiger partial charge in [-0.1, -0.05) is 285 Å². The predicted molar refractivity (Wildman–Crippen MR) is 340 cm³/mol. The van der Waals surface area contributed by atoms with Crippen molar-refractivity contribution in [3.05, 3.63) is 0 Å². The Kier molecular flexibility index (Phi) is 58.3. The lowest BCUT2D eigenvalue weighted by Crippen LogP contribution is -2.30. The fourth-order valence-corrected chi connectivity index (χ4v) is 11.5. The number of carbonyl (C=O) groups is 4. The Labute approximate surface area is 517 Å². The number of carbonyl (C=O) groups excluding carboxylic acids is 4. The average Bonchev–Trinajstić information content (AvgIpc) is 3.58. The maximum absolute atomic E-state index is 13.0. The van der Waals surface area contributed by atoms with Crippen molar-refractivity contribution in [3.63, 3.8) is 0 Å². The minimum Gasteiger partial charge on any atom is -0.462 e. The number of esters is 4. The van der Waals surface area contributed by atoms with Crippen LogP contribution < -0.4 is 0 Å². The van der Waals surface area contributed by atoms with E-state index in [2.05, 4.69) is 34.6 Å². The summed E-state index contributed by atoms with van der Waals surface area (Å²) in [5, 5.41) is 10.5. The second kappa shape index (κ2) is 59.7. The molecule has 0 aliphatic heterocycles. The van der Waals surface area contributed by atoms with Crippen LogP contribution in [0.2, 0.25) is 0 Å². The van der Waals surface area contributed by atoms with E-state index in [4.69, 9.17) is 37.0 Å². The lowest BCUT2D eigenvalue weighted by molar-refractivity contribution is -0.161. The lowest BCUT2D eigenvalue weighted by Gasteiger charge is -2.21. The van der Waals surface area contributed by atoms with Crippen molar-refractivity contribution in [1.29, 1.82) is 0 Å². The van der Waals surface area contributed by atoms with Crippen LogP contribution in [-0.2, 0) is 65.4 Å². The molecule has 0 aromatic rings. The van der Waals surface area contributed by atoms with E-state index < -0.39 is 97.5 Å². The number of aliphatic hydroxyl groups excluding tert-OH is 1. The van der Waals surface area contributed by atoms with E-state index in [9.17, 15) is 43.2 Å².